The van der Waals surface area contributed by atoms with Gasteiger partial charge in [-0.05, 0) is 31.4 Å². The van der Waals surface area contributed by atoms with Crippen LogP contribution in [0.15, 0.2) is 18.2 Å². The molecule has 0 aliphatic heterocycles. The molecule has 1 aromatic rings. The van der Waals surface area contributed by atoms with Crippen LogP contribution in [0.1, 0.15) is 38.1 Å². The van der Waals surface area contributed by atoms with Crippen LogP contribution in [0.25, 0.3) is 0 Å². The van der Waals surface area contributed by atoms with Gasteiger partial charge in [0.05, 0.1) is 0 Å². The zero-order valence-electron chi connectivity index (χ0n) is 8.01. The average molecular weight is 163 g/mol. The molecule has 12 heavy (non-hydrogen) atoms. The predicted molar refractivity (Wildman–Crippen MR) is 52.2 cm³/mol. The Morgan fingerprint density at radius 2 is 1.92 bits per heavy atom. The molecular weight excluding hydrogens is 146 g/mol. The first-order valence-electron chi connectivity index (χ1n) is 4.81. The van der Waals surface area contributed by atoms with Crippen molar-refractivity contribution in [2.75, 3.05) is 0 Å². The van der Waals surface area contributed by atoms with Crippen LogP contribution in [0.5, 0.6) is 0 Å². The van der Waals surface area contributed by atoms with Gasteiger partial charge in [-0.3, -0.25) is 4.98 Å². The second-order valence-corrected chi connectivity index (χ2v) is 3.08. The zero-order chi connectivity index (χ0) is 8.81. The van der Waals surface area contributed by atoms with E-state index in [1.54, 1.807) is 0 Å². The van der Waals surface area contributed by atoms with Gasteiger partial charge in [-0.15, -0.1) is 0 Å². The van der Waals surface area contributed by atoms with E-state index in [1.807, 2.05) is 0 Å². The third-order valence-corrected chi connectivity index (χ3v) is 2.01. The summed E-state index contributed by atoms with van der Waals surface area (Å²) in [6, 6.07) is 6.32. The third-order valence-electron chi connectivity index (χ3n) is 2.01. The van der Waals surface area contributed by atoms with Crippen LogP contribution in [0, 0.1) is 0 Å². The Morgan fingerprint density at radius 1 is 1.17 bits per heavy atom. The summed E-state index contributed by atoms with van der Waals surface area (Å²) in [6.07, 6.45) is 4.67. The highest BCUT2D eigenvalue weighted by Crippen LogP contribution is 2.04. The van der Waals surface area contributed by atoms with Gasteiger partial charge in [-0.2, -0.15) is 0 Å². The summed E-state index contributed by atoms with van der Waals surface area (Å²) in [5, 5.41) is 0. The smallest absolute Gasteiger partial charge is 0.0406 e. The highest BCUT2D eigenvalue weighted by Gasteiger charge is 1.94. The van der Waals surface area contributed by atoms with E-state index in [-0.39, 0.29) is 0 Å². The van der Waals surface area contributed by atoms with Gasteiger partial charge in [0.1, 0.15) is 0 Å². The number of aromatic nitrogens is 1. The molecule has 0 aliphatic rings. The molecule has 0 saturated heterocycles. The van der Waals surface area contributed by atoms with Crippen molar-refractivity contribution >= 4 is 0 Å². The van der Waals surface area contributed by atoms with Gasteiger partial charge < -0.3 is 0 Å². The fourth-order valence-electron chi connectivity index (χ4n) is 1.22. The quantitative estimate of drug-likeness (QED) is 0.665. The minimum absolute atomic E-state index is 1.04. The third kappa shape index (κ3) is 2.65. The molecule has 0 atom stereocenters. The molecule has 0 amide bonds. The summed E-state index contributed by atoms with van der Waals surface area (Å²) in [5.74, 6) is 0. The summed E-state index contributed by atoms with van der Waals surface area (Å²) in [6.45, 7) is 4.36. The molecule has 0 radical (unpaired) electrons. The largest absolute Gasteiger partial charge is 0.258 e. The van der Waals surface area contributed by atoms with Crippen molar-refractivity contribution in [3.8, 4) is 0 Å². The maximum atomic E-state index is 4.53. The molecule has 0 bridgehead atoms. The second kappa shape index (κ2) is 4.91. The Morgan fingerprint density at radius 3 is 2.58 bits per heavy atom. The molecule has 1 rings (SSSR count). The molecule has 0 aromatic carbocycles. The first-order valence-corrected chi connectivity index (χ1v) is 4.81. The average Bonchev–Trinajstić information content (AvgIpc) is 2.15. The van der Waals surface area contributed by atoms with Crippen LogP contribution in [0.3, 0.4) is 0 Å². The monoisotopic (exact) mass is 163 g/mol. The standard InChI is InChI=1S/C11H17N/c1-3-5-7-11-9-6-8-10(4-2)12-11/h6,8-9H,3-5,7H2,1-2H3. The maximum absolute atomic E-state index is 4.53. The van der Waals surface area contributed by atoms with Crippen molar-refractivity contribution in [2.24, 2.45) is 0 Å². The molecule has 1 aromatic heterocycles. The van der Waals surface area contributed by atoms with Gasteiger partial charge in [0.15, 0.2) is 0 Å². The Labute approximate surface area is 74.8 Å². The fraction of sp³-hybridized carbons (Fsp3) is 0.545. The van der Waals surface area contributed by atoms with Gasteiger partial charge in [0.2, 0.25) is 0 Å². The number of rotatable bonds is 4. The van der Waals surface area contributed by atoms with Crippen molar-refractivity contribution in [1.29, 1.82) is 0 Å². The van der Waals surface area contributed by atoms with Gasteiger partial charge in [-0.1, -0.05) is 26.3 Å². The zero-order valence-corrected chi connectivity index (χ0v) is 8.01. The number of hydrogen-bond donors (Lipinski definition) is 0. The number of pyridine rings is 1. The minimum Gasteiger partial charge on any atom is -0.258 e. The van der Waals surface area contributed by atoms with Gasteiger partial charge in [0.25, 0.3) is 0 Å². The lowest BCUT2D eigenvalue weighted by Gasteiger charge is -2.00. The molecule has 0 aliphatic carbocycles. The first kappa shape index (κ1) is 9.24. The van der Waals surface area contributed by atoms with Crippen LogP contribution >= 0.6 is 0 Å². The summed E-state index contributed by atoms with van der Waals surface area (Å²) >= 11 is 0. The molecule has 0 spiro atoms. The molecule has 66 valence electrons. The van der Waals surface area contributed by atoms with Gasteiger partial charge in [-0.25, -0.2) is 0 Å². The van der Waals surface area contributed by atoms with E-state index >= 15 is 0 Å². The lowest BCUT2D eigenvalue weighted by Crippen LogP contribution is -1.93. The van der Waals surface area contributed by atoms with Gasteiger partial charge >= 0.3 is 0 Å². The van der Waals surface area contributed by atoms with Gasteiger partial charge in [0, 0.05) is 11.4 Å². The van der Waals surface area contributed by atoms with E-state index in [0.717, 1.165) is 12.8 Å². The Bertz CT molecular complexity index is 230. The minimum atomic E-state index is 1.04. The number of nitrogens with zero attached hydrogens (tertiary/aromatic N) is 1. The van der Waals surface area contributed by atoms with Crippen molar-refractivity contribution in [2.45, 2.75) is 39.5 Å². The lowest BCUT2D eigenvalue weighted by atomic mass is 10.2. The van der Waals surface area contributed by atoms with Crippen LogP contribution < -0.4 is 0 Å². The van der Waals surface area contributed by atoms with E-state index in [0.29, 0.717) is 0 Å². The van der Waals surface area contributed by atoms with Crippen LogP contribution in [-0.4, -0.2) is 4.98 Å². The molecule has 0 N–H and O–H groups in total. The first-order chi connectivity index (χ1) is 5.86. The van der Waals surface area contributed by atoms with Crippen molar-refractivity contribution in [3.05, 3.63) is 29.6 Å². The molecular formula is C11H17N. The van der Waals surface area contributed by atoms with E-state index in [9.17, 15) is 0 Å². The summed E-state index contributed by atoms with van der Waals surface area (Å²) in [5.41, 5.74) is 2.46. The highest BCUT2D eigenvalue weighted by atomic mass is 14.7. The Kier molecular flexibility index (Phi) is 3.78. The maximum Gasteiger partial charge on any atom is 0.0406 e. The highest BCUT2D eigenvalue weighted by molar-refractivity contribution is 5.11. The molecule has 0 unspecified atom stereocenters. The number of unbranched alkanes of at least 4 members (excludes halogenated alkanes) is 1. The summed E-state index contributed by atoms with van der Waals surface area (Å²) in [7, 11) is 0. The summed E-state index contributed by atoms with van der Waals surface area (Å²) in [4.78, 5) is 4.53. The van der Waals surface area contributed by atoms with E-state index in [1.165, 1.54) is 24.2 Å². The fourth-order valence-corrected chi connectivity index (χ4v) is 1.22. The van der Waals surface area contributed by atoms with Crippen LogP contribution in [0.4, 0.5) is 0 Å². The van der Waals surface area contributed by atoms with Crippen LogP contribution in [0.2, 0.25) is 0 Å². The summed E-state index contributed by atoms with van der Waals surface area (Å²) < 4.78 is 0. The molecule has 0 fully saturated rings. The van der Waals surface area contributed by atoms with Crippen molar-refractivity contribution in [3.63, 3.8) is 0 Å². The molecule has 1 heteroatoms. The predicted octanol–water partition coefficient (Wildman–Crippen LogP) is 2.99. The molecule has 0 saturated carbocycles. The van der Waals surface area contributed by atoms with Crippen LogP contribution in [-0.2, 0) is 12.8 Å². The Hall–Kier alpha value is -0.850. The Balaban J connectivity index is 2.60. The molecule has 1 nitrogen and oxygen atoms in total. The van der Waals surface area contributed by atoms with E-state index < -0.39 is 0 Å². The van der Waals surface area contributed by atoms with Crippen molar-refractivity contribution in [1.82, 2.24) is 4.98 Å². The van der Waals surface area contributed by atoms with Crippen molar-refractivity contribution < 1.29 is 0 Å². The lowest BCUT2D eigenvalue weighted by molar-refractivity contribution is 0.770. The van der Waals surface area contributed by atoms with E-state index in [4.69, 9.17) is 0 Å². The SMILES string of the molecule is CCCCc1cccc(CC)n1. The molecule has 1 heterocycles. The second-order valence-electron chi connectivity index (χ2n) is 3.08. The normalized spacial score (nSPS) is 10.2. The number of aryl methyl sites for hydroxylation is 2. The van der Waals surface area contributed by atoms with E-state index in [2.05, 4.69) is 37.0 Å². The number of hydrogen-bond acceptors (Lipinski definition) is 1. The topological polar surface area (TPSA) is 12.9 Å².